The molecule has 1 N–H and O–H groups in total. The number of halogens is 3. The van der Waals surface area contributed by atoms with Gasteiger partial charge in [-0.15, -0.1) is 0 Å². The van der Waals surface area contributed by atoms with Crippen molar-refractivity contribution in [3.63, 3.8) is 0 Å². The molecule has 15 heavy (non-hydrogen) atoms. The molecule has 0 spiro atoms. The summed E-state index contributed by atoms with van der Waals surface area (Å²) < 4.78 is 36.1. The summed E-state index contributed by atoms with van der Waals surface area (Å²) in [5.41, 5.74) is 0. The van der Waals surface area contributed by atoms with Gasteiger partial charge in [-0.05, 0) is 6.42 Å². The number of nitrogens with one attached hydrogen (secondary N) is 1. The highest BCUT2D eigenvalue weighted by Crippen LogP contribution is 2.19. The van der Waals surface area contributed by atoms with Gasteiger partial charge in [0.1, 0.15) is 6.54 Å². The Kier molecular flexibility index (Phi) is 3.96. The lowest BCUT2D eigenvalue weighted by molar-refractivity contribution is -0.157. The van der Waals surface area contributed by atoms with E-state index in [0.717, 1.165) is 17.7 Å². The van der Waals surface area contributed by atoms with Crippen LogP contribution in [0.5, 0.6) is 0 Å². The van der Waals surface area contributed by atoms with Crippen LogP contribution in [0.4, 0.5) is 13.2 Å². The van der Waals surface area contributed by atoms with E-state index in [1.54, 1.807) is 0 Å². The third-order valence-corrected chi connectivity index (χ3v) is 2.35. The monoisotopic (exact) mass is 224 g/mol. The Morgan fingerprint density at radius 3 is 2.73 bits per heavy atom. The predicted octanol–water partition coefficient (Wildman–Crippen LogP) is 1.50. The van der Waals surface area contributed by atoms with E-state index in [9.17, 15) is 18.0 Å². The highest BCUT2D eigenvalue weighted by Gasteiger charge is 2.38. The normalized spacial score (nSPS) is 22.5. The lowest BCUT2D eigenvalue weighted by atomic mass is 10.1. The van der Waals surface area contributed by atoms with E-state index < -0.39 is 24.7 Å². The van der Waals surface area contributed by atoms with Crippen molar-refractivity contribution in [3.05, 3.63) is 0 Å². The van der Waals surface area contributed by atoms with Gasteiger partial charge in [-0.2, -0.15) is 13.2 Å². The predicted molar refractivity (Wildman–Crippen MR) is 49.1 cm³/mol. The Balaban J connectivity index is 2.42. The fourth-order valence-corrected chi connectivity index (χ4v) is 1.59. The molecular formula is C9H15F3N2O. The number of rotatable bonds is 4. The SMILES string of the molecule is CCCCC1NCN(CC(F)(F)F)C1=O. The summed E-state index contributed by atoms with van der Waals surface area (Å²) in [5.74, 6) is -0.430. The number of hydrogen-bond donors (Lipinski definition) is 1. The molecule has 0 saturated carbocycles. The zero-order chi connectivity index (χ0) is 11.5. The summed E-state index contributed by atoms with van der Waals surface area (Å²) in [4.78, 5) is 12.3. The third kappa shape index (κ3) is 3.70. The molecule has 0 aromatic rings. The fourth-order valence-electron chi connectivity index (χ4n) is 1.59. The molecule has 0 aliphatic carbocycles. The van der Waals surface area contributed by atoms with Crippen molar-refractivity contribution in [3.8, 4) is 0 Å². The van der Waals surface area contributed by atoms with Crippen LogP contribution in [0.1, 0.15) is 26.2 Å². The average molecular weight is 224 g/mol. The Morgan fingerprint density at radius 2 is 2.20 bits per heavy atom. The van der Waals surface area contributed by atoms with E-state index in [1.807, 2.05) is 6.92 Å². The zero-order valence-corrected chi connectivity index (χ0v) is 8.60. The van der Waals surface area contributed by atoms with Crippen LogP contribution >= 0.6 is 0 Å². The van der Waals surface area contributed by atoms with E-state index >= 15 is 0 Å². The van der Waals surface area contributed by atoms with Gasteiger partial charge < -0.3 is 4.90 Å². The van der Waals surface area contributed by atoms with E-state index in [1.165, 1.54) is 0 Å². The molecule has 88 valence electrons. The van der Waals surface area contributed by atoms with Crippen LogP contribution in [-0.2, 0) is 4.79 Å². The molecule has 0 radical (unpaired) electrons. The van der Waals surface area contributed by atoms with Crippen LogP contribution in [0.2, 0.25) is 0 Å². The van der Waals surface area contributed by atoms with E-state index in [-0.39, 0.29) is 6.67 Å². The molecule has 1 heterocycles. The first-order valence-electron chi connectivity index (χ1n) is 5.03. The van der Waals surface area contributed by atoms with E-state index in [2.05, 4.69) is 5.32 Å². The number of hydrogen-bond acceptors (Lipinski definition) is 2. The van der Waals surface area contributed by atoms with Crippen molar-refractivity contribution in [1.82, 2.24) is 10.2 Å². The molecule has 1 unspecified atom stereocenters. The van der Waals surface area contributed by atoms with Gasteiger partial charge >= 0.3 is 6.18 Å². The number of carbonyl (C=O) groups excluding carboxylic acids is 1. The molecule has 0 bridgehead atoms. The van der Waals surface area contributed by atoms with E-state index in [0.29, 0.717) is 6.42 Å². The van der Waals surface area contributed by atoms with Crippen LogP contribution in [0.3, 0.4) is 0 Å². The van der Waals surface area contributed by atoms with Crippen molar-refractivity contribution in [2.45, 2.75) is 38.4 Å². The Hall–Kier alpha value is -0.780. The van der Waals surface area contributed by atoms with Gasteiger partial charge in [-0.3, -0.25) is 10.1 Å². The van der Waals surface area contributed by atoms with Crippen LogP contribution in [0, 0.1) is 0 Å². The summed E-state index contributed by atoms with van der Waals surface area (Å²) >= 11 is 0. The molecule has 3 nitrogen and oxygen atoms in total. The molecule has 6 heteroatoms. The second kappa shape index (κ2) is 4.83. The number of carbonyl (C=O) groups is 1. The molecule has 1 amide bonds. The Labute approximate surface area is 86.6 Å². The smallest absolute Gasteiger partial charge is 0.319 e. The lowest BCUT2D eigenvalue weighted by Crippen LogP contribution is -2.37. The van der Waals surface area contributed by atoms with Crippen molar-refractivity contribution >= 4 is 5.91 Å². The molecule has 1 aliphatic rings. The van der Waals surface area contributed by atoms with Gasteiger partial charge in [0.2, 0.25) is 5.91 Å². The molecule has 0 aromatic heterocycles. The standard InChI is InChI=1S/C9H15F3N2O/c1-2-3-4-7-8(15)14(6-13-7)5-9(10,11)12/h7,13H,2-6H2,1H3. The summed E-state index contributed by atoms with van der Waals surface area (Å²) in [6.07, 6.45) is -1.91. The summed E-state index contributed by atoms with van der Waals surface area (Å²) in [5, 5.41) is 2.79. The summed E-state index contributed by atoms with van der Waals surface area (Å²) in [6.45, 7) is 0.834. The minimum absolute atomic E-state index is 0.00667. The van der Waals surface area contributed by atoms with E-state index in [4.69, 9.17) is 0 Å². The quantitative estimate of drug-likeness (QED) is 0.784. The molecular weight excluding hydrogens is 209 g/mol. The molecule has 0 aromatic carbocycles. The minimum Gasteiger partial charge on any atom is -0.319 e. The van der Waals surface area contributed by atoms with Gasteiger partial charge in [0, 0.05) is 0 Å². The van der Waals surface area contributed by atoms with Gasteiger partial charge in [0.05, 0.1) is 12.7 Å². The number of nitrogens with zero attached hydrogens (tertiary/aromatic N) is 1. The third-order valence-electron chi connectivity index (χ3n) is 2.35. The van der Waals surface area contributed by atoms with Gasteiger partial charge in [0.15, 0.2) is 0 Å². The first-order chi connectivity index (χ1) is 6.94. The fraction of sp³-hybridized carbons (Fsp3) is 0.889. The van der Waals surface area contributed by atoms with Crippen LogP contribution in [0.25, 0.3) is 0 Å². The first-order valence-corrected chi connectivity index (χ1v) is 5.03. The van der Waals surface area contributed by atoms with Crippen molar-refractivity contribution in [2.75, 3.05) is 13.2 Å². The highest BCUT2D eigenvalue weighted by atomic mass is 19.4. The first kappa shape index (κ1) is 12.3. The van der Waals surface area contributed by atoms with Crippen molar-refractivity contribution < 1.29 is 18.0 Å². The van der Waals surface area contributed by atoms with Gasteiger partial charge in [-0.1, -0.05) is 19.8 Å². The summed E-state index contributed by atoms with van der Waals surface area (Å²) in [6, 6.07) is -0.424. The number of unbranched alkanes of at least 4 members (excludes halogenated alkanes) is 1. The largest absolute Gasteiger partial charge is 0.406 e. The molecule has 1 rings (SSSR count). The maximum atomic E-state index is 12.0. The molecule has 1 aliphatic heterocycles. The second-order valence-corrected chi connectivity index (χ2v) is 3.71. The topological polar surface area (TPSA) is 32.3 Å². The average Bonchev–Trinajstić information content (AvgIpc) is 2.43. The summed E-state index contributed by atoms with van der Waals surface area (Å²) in [7, 11) is 0. The van der Waals surface area contributed by atoms with Crippen molar-refractivity contribution in [2.24, 2.45) is 0 Å². The Bertz CT molecular complexity index is 230. The Morgan fingerprint density at radius 1 is 1.53 bits per heavy atom. The number of amides is 1. The molecule has 1 atom stereocenters. The van der Waals surface area contributed by atoms with Crippen LogP contribution < -0.4 is 5.32 Å². The van der Waals surface area contributed by atoms with Gasteiger partial charge in [0.25, 0.3) is 0 Å². The number of alkyl halides is 3. The van der Waals surface area contributed by atoms with Crippen LogP contribution in [-0.4, -0.2) is 36.2 Å². The van der Waals surface area contributed by atoms with Crippen LogP contribution in [0.15, 0.2) is 0 Å². The zero-order valence-electron chi connectivity index (χ0n) is 8.60. The minimum atomic E-state index is -4.31. The molecule has 1 fully saturated rings. The molecule has 1 saturated heterocycles. The highest BCUT2D eigenvalue weighted by molar-refractivity contribution is 5.83. The maximum absolute atomic E-state index is 12.0. The van der Waals surface area contributed by atoms with Gasteiger partial charge in [-0.25, -0.2) is 0 Å². The second-order valence-electron chi connectivity index (χ2n) is 3.71. The van der Waals surface area contributed by atoms with Crippen molar-refractivity contribution in [1.29, 1.82) is 0 Å². The maximum Gasteiger partial charge on any atom is 0.406 e. The lowest BCUT2D eigenvalue weighted by Gasteiger charge is -2.17.